The van der Waals surface area contributed by atoms with E-state index in [4.69, 9.17) is 0 Å². The summed E-state index contributed by atoms with van der Waals surface area (Å²) in [5, 5.41) is 3.57. The first-order chi connectivity index (χ1) is 9.79. The summed E-state index contributed by atoms with van der Waals surface area (Å²) in [5.74, 6) is 1.07. The maximum atomic E-state index is 12.6. The lowest BCUT2D eigenvalue weighted by atomic mass is 9.86. The molecule has 2 aliphatic rings. The number of nitrogens with zero attached hydrogens (tertiary/aromatic N) is 1. The van der Waals surface area contributed by atoms with Crippen molar-refractivity contribution >= 4 is 5.91 Å². The summed E-state index contributed by atoms with van der Waals surface area (Å²) < 4.78 is 0. The average Bonchev–Trinajstić information content (AvgIpc) is 2.49. The molecule has 1 amide bonds. The van der Waals surface area contributed by atoms with Crippen LogP contribution in [0.3, 0.4) is 0 Å². The Morgan fingerprint density at radius 3 is 2.50 bits per heavy atom. The van der Waals surface area contributed by atoms with Gasteiger partial charge in [0.1, 0.15) is 0 Å². The van der Waals surface area contributed by atoms with Gasteiger partial charge in [-0.25, -0.2) is 0 Å². The van der Waals surface area contributed by atoms with Crippen molar-refractivity contribution in [3.63, 3.8) is 0 Å². The maximum absolute atomic E-state index is 12.6. The molecule has 1 aliphatic carbocycles. The fourth-order valence-electron chi connectivity index (χ4n) is 3.70. The Hall–Kier alpha value is -0.570. The Bertz CT molecular complexity index is 281. The second kappa shape index (κ2) is 8.66. The van der Waals surface area contributed by atoms with Gasteiger partial charge in [0.05, 0.1) is 0 Å². The van der Waals surface area contributed by atoms with Crippen molar-refractivity contribution < 1.29 is 4.79 Å². The Kier molecular flexibility index (Phi) is 6.85. The van der Waals surface area contributed by atoms with Crippen LogP contribution in [0, 0.1) is 5.92 Å². The summed E-state index contributed by atoms with van der Waals surface area (Å²) in [6.07, 6.45) is 12.3. The Labute approximate surface area is 124 Å². The lowest BCUT2D eigenvalue weighted by Gasteiger charge is -2.32. The van der Waals surface area contributed by atoms with E-state index >= 15 is 0 Å². The van der Waals surface area contributed by atoms with Crippen LogP contribution in [0.25, 0.3) is 0 Å². The van der Waals surface area contributed by atoms with Gasteiger partial charge in [-0.15, -0.1) is 0 Å². The van der Waals surface area contributed by atoms with E-state index in [9.17, 15) is 4.79 Å². The van der Waals surface area contributed by atoms with Gasteiger partial charge in [0.2, 0.25) is 5.91 Å². The van der Waals surface area contributed by atoms with E-state index in [0.29, 0.717) is 17.9 Å². The molecule has 1 saturated heterocycles. The molecule has 0 spiro atoms. The molecule has 1 unspecified atom stereocenters. The van der Waals surface area contributed by atoms with E-state index in [1.165, 1.54) is 51.4 Å². The van der Waals surface area contributed by atoms with Gasteiger partial charge < -0.3 is 10.2 Å². The Morgan fingerprint density at radius 1 is 1.10 bits per heavy atom. The van der Waals surface area contributed by atoms with Crippen molar-refractivity contribution in [1.29, 1.82) is 0 Å². The Balaban J connectivity index is 1.80. The highest BCUT2D eigenvalue weighted by molar-refractivity contribution is 5.76. The maximum Gasteiger partial charge on any atom is 0.222 e. The fourth-order valence-corrected chi connectivity index (χ4v) is 3.70. The molecule has 3 nitrogen and oxygen atoms in total. The molecular weight excluding hydrogens is 248 g/mol. The van der Waals surface area contributed by atoms with E-state index in [1.807, 2.05) is 0 Å². The summed E-state index contributed by atoms with van der Waals surface area (Å²) in [6, 6.07) is 0.533. The second-order valence-corrected chi connectivity index (χ2v) is 6.69. The molecule has 2 fully saturated rings. The van der Waals surface area contributed by atoms with E-state index in [0.717, 1.165) is 32.5 Å². The third kappa shape index (κ3) is 5.08. The molecule has 0 aromatic carbocycles. The van der Waals surface area contributed by atoms with Crippen LogP contribution in [-0.2, 0) is 4.79 Å². The molecule has 0 radical (unpaired) electrons. The van der Waals surface area contributed by atoms with Crippen LogP contribution in [0.5, 0.6) is 0 Å². The topological polar surface area (TPSA) is 32.3 Å². The molecule has 0 bridgehead atoms. The number of rotatable bonds is 6. The molecule has 1 atom stereocenters. The Morgan fingerprint density at radius 2 is 1.85 bits per heavy atom. The van der Waals surface area contributed by atoms with Crippen LogP contribution >= 0.6 is 0 Å². The van der Waals surface area contributed by atoms with Gasteiger partial charge in [0.15, 0.2) is 0 Å². The minimum absolute atomic E-state index is 0.408. The summed E-state index contributed by atoms with van der Waals surface area (Å²) in [5.41, 5.74) is 0. The highest BCUT2D eigenvalue weighted by Crippen LogP contribution is 2.27. The third-order valence-electron chi connectivity index (χ3n) is 4.89. The normalized spacial score (nSPS) is 24.6. The minimum Gasteiger partial charge on any atom is -0.341 e. The SMILES string of the molecule is CCCN(CC1CCCCN1)C(=O)CC1CCCCC1. The van der Waals surface area contributed by atoms with Crippen molar-refractivity contribution in [2.75, 3.05) is 19.6 Å². The smallest absolute Gasteiger partial charge is 0.222 e. The molecule has 1 saturated carbocycles. The third-order valence-corrected chi connectivity index (χ3v) is 4.89. The van der Waals surface area contributed by atoms with Gasteiger partial charge in [-0.2, -0.15) is 0 Å². The first-order valence-corrected chi connectivity index (χ1v) is 8.80. The fraction of sp³-hybridized carbons (Fsp3) is 0.941. The monoisotopic (exact) mass is 280 g/mol. The second-order valence-electron chi connectivity index (χ2n) is 6.69. The molecule has 1 heterocycles. The van der Waals surface area contributed by atoms with Gasteiger partial charge in [-0.05, 0) is 44.6 Å². The summed E-state index contributed by atoms with van der Waals surface area (Å²) >= 11 is 0. The average molecular weight is 280 g/mol. The number of carbonyl (C=O) groups excluding carboxylic acids is 1. The van der Waals surface area contributed by atoms with Crippen LogP contribution < -0.4 is 5.32 Å². The van der Waals surface area contributed by atoms with Gasteiger partial charge in [-0.1, -0.05) is 32.6 Å². The molecular formula is C17H32N2O. The standard InChI is InChI=1S/C17H32N2O/c1-2-12-19(14-16-10-6-7-11-18-16)17(20)13-15-8-4-3-5-9-15/h15-16,18H,2-14H2,1H3. The van der Waals surface area contributed by atoms with Gasteiger partial charge >= 0.3 is 0 Å². The van der Waals surface area contributed by atoms with Crippen LogP contribution in [-0.4, -0.2) is 36.5 Å². The number of nitrogens with one attached hydrogen (secondary N) is 1. The molecule has 0 aromatic heterocycles. The zero-order chi connectivity index (χ0) is 14.2. The van der Waals surface area contributed by atoms with Gasteiger partial charge in [-0.3, -0.25) is 4.79 Å². The molecule has 0 aromatic rings. The summed E-state index contributed by atoms with van der Waals surface area (Å²) in [6.45, 7) is 5.17. The molecule has 3 heteroatoms. The number of amides is 1. The lowest BCUT2D eigenvalue weighted by Crippen LogP contribution is -2.46. The zero-order valence-electron chi connectivity index (χ0n) is 13.2. The van der Waals surface area contributed by atoms with Crippen molar-refractivity contribution in [3.05, 3.63) is 0 Å². The highest BCUT2D eigenvalue weighted by atomic mass is 16.2. The number of hydrogen-bond donors (Lipinski definition) is 1. The van der Waals surface area contributed by atoms with Crippen LogP contribution in [0.2, 0.25) is 0 Å². The van der Waals surface area contributed by atoms with E-state index < -0.39 is 0 Å². The first-order valence-electron chi connectivity index (χ1n) is 8.80. The first kappa shape index (κ1) is 15.8. The van der Waals surface area contributed by atoms with Crippen molar-refractivity contribution in [1.82, 2.24) is 10.2 Å². The van der Waals surface area contributed by atoms with E-state index in [1.54, 1.807) is 0 Å². The number of carbonyl (C=O) groups is 1. The summed E-state index contributed by atoms with van der Waals surface area (Å²) in [4.78, 5) is 14.7. The molecule has 20 heavy (non-hydrogen) atoms. The highest BCUT2D eigenvalue weighted by Gasteiger charge is 2.23. The molecule has 1 N–H and O–H groups in total. The minimum atomic E-state index is 0.408. The predicted octanol–water partition coefficient (Wildman–Crippen LogP) is 3.34. The largest absolute Gasteiger partial charge is 0.341 e. The van der Waals surface area contributed by atoms with Crippen LogP contribution in [0.4, 0.5) is 0 Å². The molecule has 116 valence electrons. The van der Waals surface area contributed by atoms with Crippen molar-refractivity contribution in [2.45, 2.75) is 77.2 Å². The van der Waals surface area contributed by atoms with E-state index in [2.05, 4.69) is 17.1 Å². The van der Waals surface area contributed by atoms with Gasteiger partial charge in [0, 0.05) is 25.6 Å². The van der Waals surface area contributed by atoms with Crippen LogP contribution in [0.15, 0.2) is 0 Å². The zero-order valence-corrected chi connectivity index (χ0v) is 13.2. The predicted molar refractivity (Wildman–Crippen MR) is 83.7 cm³/mol. The van der Waals surface area contributed by atoms with Gasteiger partial charge in [0.25, 0.3) is 0 Å². The lowest BCUT2D eigenvalue weighted by molar-refractivity contribution is -0.133. The molecule has 2 rings (SSSR count). The van der Waals surface area contributed by atoms with Crippen LogP contribution in [0.1, 0.15) is 71.1 Å². The van der Waals surface area contributed by atoms with Crippen molar-refractivity contribution in [3.8, 4) is 0 Å². The quantitative estimate of drug-likeness (QED) is 0.809. The molecule has 1 aliphatic heterocycles. The summed E-state index contributed by atoms with van der Waals surface area (Å²) in [7, 11) is 0. The van der Waals surface area contributed by atoms with E-state index in [-0.39, 0.29) is 0 Å². The van der Waals surface area contributed by atoms with Crippen molar-refractivity contribution in [2.24, 2.45) is 5.92 Å². The number of piperidine rings is 1. The number of hydrogen-bond acceptors (Lipinski definition) is 2.